The largest absolute Gasteiger partial charge is 0.507 e. The van der Waals surface area contributed by atoms with Crippen LogP contribution >= 0.6 is 0 Å². The van der Waals surface area contributed by atoms with E-state index < -0.39 is 17.8 Å². The van der Waals surface area contributed by atoms with Crippen LogP contribution in [0.4, 0.5) is 4.39 Å². The molecular weight excluding hydrogens is 385 g/mol. The molecule has 30 heavy (non-hydrogen) atoms. The second-order valence-corrected chi connectivity index (χ2v) is 8.91. The first kappa shape index (κ1) is 19.0. The lowest BCUT2D eigenvalue weighted by atomic mass is 9.87. The quantitative estimate of drug-likeness (QED) is 0.713. The van der Waals surface area contributed by atoms with Crippen molar-refractivity contribution < 1.29 is 14.2 Å². The van der Waals surface area contributed by atoms with Crippen molar-refractivity contribution in [2.24, 2.45) is 5.41 Å². The number of fused-ring (bicyclic) bond motifs is 2. The fourth-order valence-corrected chi connectivity index (χ4v) is 5.08. The minimum absolute atomic E-state index is 0.0876. The molecule has 0 amide bonds. The Bertz CT molecular complexity index is 1070. The van der Waals surface area contributed by atoms with Crippen LogP contribution in [0.15, 0.2) is 49.1 Å². The highest BCUT2D eigenvalue weighted by atomic mass is 19.1. The number of piperidine rings is 1. The molecule has 156 valence electrons. The summed E-state index contributed by atoms with van der Waals surface area (Å²) in [6.07, 6.45) is 4.24. The summed E-state index contributed by atoms with van der Waals surface area (Å²) in [5, 5.41) is 18.8. The smallest absolute Gasteiger partial charge is 0.233 e. The van der Waals surface area contributed by atoms with Gasteiger partial charge < -0.3 is 14.4 Å². The summed E-state index contributed by atoms with van der Waals surface area (Å²) in [7, 11) is 1.97. The standard InChI is InChI=1S/C22H24FN5O2/c1-21-11-22(2,27(3)12-21)19(23)20(21)30-18-7-6-16(25-26-18)15-5-4-14(10-17(15)29)28-9-8-24-13-28/h4-10,13,19-20,29H,11-12H2,1-3H3/t19-,20+,21-,22-/m0/s1. The monoisotopic (exact) mass is 409 g/mol. The SMILES string of the molecule is CN1C[C@]2(C)C[C@@]1(C)[C@@H](F)[C@H]2Oc1ccc(-c2ccc(-n3ccnc3)cc2O)nn1. The van der Waals surface area contributed by atoms with Gasteiger partial charge in [0.15, 0.2) is 6.17 Å². The van der Waals surface area contributed by atoms with Gasteiger partial charge in [-0.3, -0.25) is 4.90 Å². The third kappa shape index (κ3) is 2.78. The fraction of sp³-hybridized carbons (Fsp3) is 0.409. The van der Waals surface area contributed by atoms with E-state index in [4.69, 9.17) is 4.74 Å². The topological polar surface area (TPSA) is 76.3 Å². The summed E-state index contributed by atoms with van der Waals surface area (Å²) >= 11 is 0. The number of hydrogen-bond acceptors (Lipinski definition) is 6. The van der Waals surface area contributed by atoms with Gasteiger partial charge in [0.05, 0.1) is 23.2 Å². The zero-order chi connectivity index (χ0) is 21.1. The molecule has 8 heteroatoms. The van der Waals surface area contributed by atoms with Crippen molar-refractivity contribution in [3.63, 3.8) is 0 Å². The minimum atomic E-state index is -1.09. The predicted molar refractivity (Wildman–Crippen MR) is 109 cm³/mol. The van der Waals surface area contributed by atoms with E-state index in [0.717, 1.165) is 18.7 Å². The van der Waals surface area contributed by atoms with Crippen LogP contribution in [0.25, 0.3) is 16.9 Å². The van der Waals surface area contributed by atoms with Gasteiger partial charge in [-0.2, -0.15) is 0 Å². The Labute approximate surface area is 174 Å². The van der Waals surface area contributed by atoms with Gasteiger partial charge in [0, 0.05) is 42.0 Å². The van der Waals surface area contributed by atoms with E-state index in [1.807, 2.05) is 20.0 Å². The number of rotatable bonds is 4. The Kier molecular flexibility index (Phi) is 4.12. The summed E-state index contributed by atoms with van der Waals surface area (Å²) < 4.78 is 22.9. The maximum absolute atomic E-state index is 15.1. The number of nitrogens with zero attached hydrogens (tertiary/aromatic N) is 5. The molecule has 2 bridgehead atoms. The zero-order valence-electron chi connectivity index (χ0n) is 17.2. The van der Waals surface area contributed by atoms with Crippen molar-refractivity contribution in [2.45, 2.75) is 38.1 Å². The molecule has 1 saturated carbocycles. The molecule has 5 rings (SSSR count). The van der Waals surface area contributed by atoms with Crippen molar-refractivity contribution in [3.05, 3.63) is 49.1 Å². The van der Waals surface area contributed by atoms with Gasteiger partial charge >= 0.3 is 0 Å². The highest BCUT2D eigenvalue weighted by molar-refractivity contribution is 5.68. The van der Waals surface area contributed by atoms with E-state index in [9.17, 15) is 5.11 Å². The number of phenols is 1. The second-order valence-electron chi connectivity index (χ2n) is 8.91. The first-order valence-electron chi connectivity index (χ1n) is 9.98. The molecule has 4 atom stereocenters. The van der Waals surface area contributed by atoms with Crippen LogP contribution in [0, 0.1) is 5.41 Å². The summed E-state index contributed by atoms with van der Waals surface area (Å²) in [6.45, 7) is 4.81. The summed E-state index contributed by atoms with van der Waals surface area (Å²) in [6, 6.07) is 8.69. The number of alkyl halides is 1. The highest BCUT2D eigenvalue weighted by Gasteiger charge is 2.66. The van der Waals surface area contributed by atoms with Gasteiger partial charge in [-0.25, -0.2) is 9.37 Å². The van der Waals surface area contributed by atoms with Crippen molar-refractivity contribution in [2.75, 3.05) is 13.6 Å². The number of aromatic nitrogens is 4. The average molecular weight is 409 g/mol. The lowest BCUT2D eigenvalue weighted by molar-refractivity contribution is -0.0407. The molecule has 1 saturated heterocycles. The van der Waals surface area contributed by atoms with E-state index in [1.165, 1.54) is 0 Å². The van der Waals surface area contributed by atoms with Crippen molar-refractivity contribution in [1.29, 1.82) is 0 Å². The molecule has 3 heterocycles. The molecule has 1 aromatic carbocycles. The Morgan fingerprint density at radius 2 is 2.03 bits per heavy atom. The minimum Gasteiger partial charge on any atom is -0.507 e. The van der Waals surface area contributed by atoms with Crippen LogP contribution in [0.3, 0.4) is 0 Å². The lowest BCUT2D eigenvalue weighted by Gasteiger charge is -2.41. The molecular formula is C22H24FN5O2. The lowest BCUT2D eigenvalue weighted by Crippen LogP contribution is -2.56. The predicted octanol–water partition coefficient (Wildman–Crippen LogP) is 3.23. The van der Waals surface area contributed by atoms with Crippen molar-refractivity contribution in [1.82, 2.24) is 24.6 Å². The van der Waals surface area contributed by atoms with Gasteiger partial charge in [-0.15, -0.1) is 10.2 Å². The molecule has 2 aromatic heterocycles. The maximum Gasteiger partial charge on any atom is 0.233 e. The Morgan fingerprint density at radius 1 is 1.20 bits per heavy atom. The fourth-order valence-electron chi connectivity index (χ4n) is 5.08. The Balaban J connectivity index is 1.36. The first-order chi connectivity index (χ1) is 14.3. The zero-order valence-corrected chi connectivity index (χ0v) is 17.2. The molecule has 1 aliphatic carbocycles. The Morgan fingerprint density at radius 3 is 2.63 bits per heavy atom. The highest BCUT2D eigenvalue weighted by Crippen LogP contribution is 2.55. The summed E-state index contributed by atoms with van der Waals surface area (Å²) in [4.78, 5) is 6.09. The summed E-state index contributed by atoms with van der Waals surface area (Å²) in [5.74, 6) is 0.380. The van der Waals surface area contributed by atoms with E-state index in [0.29, 0.717) is 17.1 Å². The van der Waals surface area contributed by atoms with Crippen LogP contribution in [-0.4, -0.2) is 61.2 Å². The van der Waals surface area contributed by atoms with Crippen molar-refractivity contribution in [3.8, 4) is 28.6 Å². The van der Waals surface area contributed by atoms with Gasteiger partial charge in [0.2, 0.25) is 5.88 Å². The van der Waals surface area contributed by atoms with Crippen LogP contribution < -0.4 is 4.74 Å². The number of imidazole rings is 1. The molecule has 3 aromatic rings. The third-order valence-corrected chi connectivity index (χ3v) is 6.73. The number of phenolic OH excluding ortho intramolecular Hbond substituents is 1. The van der Waals surface area contributed by atoms with Crippen LogP contribution in [0.1, 0.15) is 20.3 Å². The van der Waals surface area contributed by atoms with Gasteiger partial charge in [0.1, 0.15) is 11.9 Å². The Hall–Kier alpha value is -3.00. The molecule has 1 aliphatic heterocycles. The number of likely N-dealkylation sites (tertiary alicyclic amines) is 1. The molecule has 7 nitrogen and oxygen atoms in total. The second kappa shape index (κ2) is 6.50. The number of ether oxygens (including phenoxy) is 1. The van der Waals surface area contributed by atoms with Gasteiger partial charge in [-0.1, -0.05) is 6.92 Å². The maximum atomic E-state index is 15.1. The number of aromatic hydroxyl groups is 1. The number of hydrogen-bond donors (Lipinski definition) is 1. The van der Waals surface area contributed by atoms with Gasteiger partial charge in [0.25, 0.3) is 0 Å². The van der Waals surface area contributed by atoms with E-state index >= 15 is 4.39 Å². The molecule has 1 N–H and O–H groups in total. The number of benzene rings is 1. The van der Waals surface area contributed by atoms with Crippen LogP contribution in [0.2, 0.25) is 0 Å². The van der Waals surface area contributed by atoms with Crippen LogP contribution in [-0.2, 0) is 0 Å². The third-order valence-electron chi connectivity index (χ3n) is 6.73. The van der Waals surface area contributed by atoms with E-state index in [-0.39, 0.29) is 11.2 Å². The van der Waals surface area contributed by atoms with E-state index in [1.54, 1.807) is 47.6 Å². The first-order valence-corrected chi connectivity index (χ1v) is 9.98. The van der Waals surface area contributed by atoms with Gasteiger partial charge in [-0.05, 0) is 38.6 Å². The molecule has 0 spiro atoms. The average Bonchev–Trinajstić information content (AvgIpc) is 3.37. The number of halogens is 1. The molecule has 2 fully saturated rings. The van der Waals surface area contributed by atoms with E-state index in [2.05, 4.69) is 27.0 Å². The summed E-state index contributed by atoms with van der Waals surface area (Å²) in [5.41, 5.74) is 1.10. The normalized spacial score (nSPS) is 30.7. The molecule has 2 aliphatic rings. The van der Waals surface area contributed by atoms with Crippen molar-refractivity contribution >= 4 is 0 Å². The molecule has 0 radical (unpaired) electrons. The van der Waals surface area contributed by atoms with Crippen LogP contribution in [0.5, 0.6) is 11.6 Å². The molecule has 0 unspecified atom stereocenters.